The van der Waals surface area contributed by atoms with Crippen molar-refractivity contribution in [2.24, 2.45) is 0 Å². The lowest BCUT2D eigenvalue weighted by atomic mass is 10.2. The minimum absolute atomic E-state index is 0.236. The van der Waals surface area contributed by atoms with Crippen LogP contribution in [0, 0.1) is 0 Å². The van der Waals surface area contributed by atoms with E-state index in [1.807, 2.05) is 0 Å². The van der Waals surface area contributed by atoms with E-state index >= 15 is 0 Å². The summed E-state index contributed by atoms with van der Waals surface area (Å²) in [4.78, 5) is 24.8. The standard InChI is InChI=1S/C26H18Cl2N2O3/c27-19-5-9-21(10-6-19)29-25(31)17-1-13-23(14-2-17)33-24-15-3-18(4-16-24)26(32)30-22-11-7-20(28)8-12-22/h1-16H,(H,29,31)(H,30,32). The monoisotopic (exact) mass is 476 g/mol. The number of nitrogens with one attached hydrogen (secondary N) is 2. The fourth-order valence-corrected chi connectivity index (χ4v) is 3.21. The number of ether oxygens (including phenoxy) is 1. The highest BCUT2D eigenvalue weighted by atomic mass is 35.5. The molecule has 2 amide bonds. The van der Waals surface area contributed by atoms with Crippen molar-refractivity contribution in [1.29, 1.82) is 0 Å². The Hall–Kier alpha value is -3.80. The van der Waals surface area contributed by atoms with E-state index in [-0.39, 0.29) is 11.8 Å². The Bertz CT molecular complexity index is 1150. The first-order chi connectivity index (χ1) is 16.0. The third-order valence-corrected chi connectivity index (χ3v) is 5.18. The molecule has 5 nitrogen and oxygen atoms in total. The fraction of sp³-hybridized carbons (Fsp3) is 0. The van der Waals surface area contributed by atoms with Crippen molar-refractivity contribution in [2.75, 3.05) is 10.6 Å². The maximum absolute atomic E-state index is 12.4. The van der Waals surface area contributed by atoms with Gasteiger partial charge in [-0.2, -0.15) is 0 Å². The van der Waals surface area contributed by atoms with Crippen LogP contribution >= 0.6 is 23.2 Å². The van der Waals surface area contributed by atoms with Gasteiger partial charge < -0.3 is 15.4 Å². The number of rotatable bonds is 6. The van der Waals surface area contributed by atoms with Gasteiger partial charge in [-0.1, -0.05) is 23.2 Å². The molecule has 0 spiro atoms. The van der Waals surface area contributed by atoms with E-state index < -0.39 is 0 Å². The molecule has 0 aliphatic rings. The zero-order valence-corrected chi connectivity index (χ0v) is 18.7. The van der Waals surface area contributed by atoms with Crippen LogP contribution in [0.5, 0.6) is 11.5 Å². The van der Waals surface area contributed by atoms with Crippen molar-refractivity contribution in [3.63, 3.8) is 0 Å². The lowest BCUT2D eigenvalue weighted by Gasteiger charge is -2.09. The van der Waals surface area contributed by atoms with Crippen molar-refractivity contribution >= 4 is 46.4 Å². The lowest BCUT2D eigenvalue weighted by molar-refractivity contribution is 0.101. The molecule has 0 saturated carbocycles. The third kappa shape index (κ3) is 6.13. The predicted octanol–water partition coefficient (Wildman–Crippen LogP) is 7.29. The SMILES string of the molecule is O=C(Nc1ccc(Cl)cc1)c1ccc(Oc2ccc(C(=O)Nc3ccc(Cl)cc3)cc2)cc1. The van der Waals surface area contributed by atoms with Gasteiger partial charge in [-0.05, 0) is 97.1 Å². The maximum Gasteiger partial charge on any atom is 0.255 e. The molecular formula is C26H18Cl2N2O3. The van der Waals surface area contributed by atoms with Crippen LogP contribution in [-0.2, 0) is 0 Å². The molecule has 0 fully saturated rings. The zero-order valence-electron chi connectivity index (χ0n) is 17.2. The van der Waals surface area contributed by atoms with E-state index in [1.54, 1.807) is 97.1 Å². The molecule has 2 N–H and O–H groups in total. The molecule has 33 heavy (non-hydrogen) atoms. The first-order valence-electron chi connectivity index (χ1n) is 9.98. The number of carbonyl (C=O) groups excluding carboxylic acids is 2. The number of amides is 2. The summed E-state index contributed by atoms with van der Waals surface area (Å²) in [7, 11) is 0. The van der Waals surface area contributed by atoms with Gasteiger partial charge in [0.1, 0.15) is 11.5 Å². The molecule has 4 aromatic rings. The van der Waals surface area contributed by atoms with Gasteiger partial charge >= 0.3 is 0 Å². The summed E-state index contributed by atoms with van der Waals surface area (Å²) >= 11 is 11.7. The second kappa shape index (κ2) is 10.2. The predicted molar refractivity (Wildman–Crippen MR) is 132 cm³/mol. The minimum atomic E-state index is -0.236. The smallest absolute Gasteiger partial charge is 0.255 e. The molecule has 0 aliphatic heterocycles. The third-order valence-electron chi connectivity index (χ3n) is 4.67. The summed E-state index contributed by atoms with van der Waals surface area (Å²) in [6.45, 7) is 0. The average Bonchev–Trinajstić information content (AvgIpc) is 2.83. The zero-order chi connectivity index (χ0) is 23.2. The molecule has 0 atom stereocenters. The van der Waals surface area contributed by atoms with Crippen LogP contribution in [0.15, 0.2) is 97.1 Å². The fourth-order valence-electron chi connectivity index (χ4n) is 2.96. The first-order valence-corrected chi connectivity index (χ1v) is 10.7. The van der Waals surface area contributed by atoms with Crippen LogP contribution < -0.4 is 15.4 Å². The Morgan fingerprint density at radius 1 is 0.515 bits per heavy atom. The van der Waals surface area contributed by atoms with Gasteiger partial charge in [0.2, 0.25) is 0 Å². The first kappa shape index (κ1) is 22.4. The molecule has 0 saturated heterocycles. The lowest BCUT2D eigenvalue weighted by Crippen LogP contribution is -2.11. The highest BCUT2D eigenvalue weighted by Gasteiger charge is 2.09. The van der Waals surface area contributed by atoms with Crippen LogP contribution in [0.1, 0.15) is 20.7 Å². The molecule has 7 heteroatoms. The maximum atomic E-state index is 12.4. The summed E-state index contributed by atoms with van der Waals surface area (Å²) < 4.78 is 5.82. The van der Waals surface area contributed by atoms with Gasteiger partial charge in [0.05, 0.1) is 0 Å². The molecule has 0 aliphatic carbocycles. The van der Waals surface area contributed by atoms with Crippen LogP contribution in [0.2, 0.25) is 10.0 Å². The average molecular weight is 477 g/mol. The van der Waals surface area contributed by atoms with Crippen molar-refractivity contribution in [1.82, 2.24) is 0 Å². The van der Waals surface area contributed by atoms with Gasteiger partial charge in [-0.3, -0.25) is 9.59 Å². The van der Waals surface area contributed by atoms with E-state index in [1.165, 1.54) is 0 Å². The number of hydrogen-bond acceptors (Lipinski definition) is 3. The van der Waals surface area contributed by atoms with Crippen molar-refractivity contribution < 1.29 is 14.3 Å². The summed E-state index contributed by atoms with van der Waals surface area (Å²) in [6, 6.07) is 27.3. The van der Waals surface area contributed by atoms with Gasteiger partial charge in [0.25, 0.3) is 11.8 Å². The number of hydrogen-bond donors (Lipinski definition) is 2. The van der Waals surface area contributed by atoms with Crippen molar-refractivity contribution in [3.05, 3.63) is 118 Å². The van der Waals surface area contributed by atoms with E-state index in [9.17, 15) is 9.59 Å². The molecule has 4 rings (SSSR count). The van der Waals surface area contributed by atoms with Crippen molar-refractivity contribution in [3.8, 4) is 11.5 Å². The second-order valence-corrected chi connectivity index (χ2v) is 7.95. The molecule has 0 radical (unpaired) electrons. The molecule has 0 bridgehead atoms. The number of halogens is 2. The van der Waals surface area contributed by atoms with Gasteiger partial charge in [-0.25, -0.2) is 0 Å². The Balaban J connectivity index is 1.34. The highest BCUT2D eigenvalue weighted by molar-refractivity contribution is 6.31. The Morgan fingerprint density at radius 3 is 1.18 bits per heavy atom. The van der Waals surface area contributed by atoms with E-state index in [0.717, 1.165) is 0 Å². The second-order valence-electron chi connectivity index (χ2n) is 7.07. The van der Waals surface area contributed by atoms with E-state index in [2.05, 4.69) is 10.6 Å². The van der Waals surface area contributed by atoms with E-state index in [4.69, 9.17) is 27.9 Å². The molecule has 164 valence electrons. The summed E-state index contributed by atoms with van der Waals surface area (Å²) in [6.07, 6.45) is 0. The summed E-state index contributed by atoms with van der Waals surface area (Å²) in [5.74, 6) is 0.660. The normalized spacial score (nSPS) is 10.4. The van der Waals surface area contributed by atoms with Gasteiger partial charge in [0, 0.05) is 32.5 Å². The Labute approximate surface area is 200 Å². The van der Waals surface area contributed by atoms with Crippen molar-refractivity contribution in [2.45, 2.75) is 0 Å². The number of anilines is 2. The topological polar surface area (TPSA) is 67.4 Å². The van der Waals surface area contributed by atoms with E-state index in [0.29, 0.717) is 44.0 Å². The molecule has 0 unspecified atom stereocenters. The summed E-state index contributed by atoms with van der Waals surface area (Å²) in [5, 5.41) is 6.82. The highest BCUT2D eigenvalue weighted by Crippen LogP contribution is 2.23. The minimum Gasteiger partial charge on any atom is -0.457 e. The molecular weight excluding hydrogens is 459 g/mol. The van der Waals surface area contributed by atoms with Crippen LogP contribution in [0.25, 0.3) is 0 Å². The van der Waals surface area contributed by atoms with Gasteiger partial charge in [0.15, 0.2) is 0 Å². The van der Waals surface area contributed by atoms with Crippen LogP contribution in [-0.4, -0.2) is 11.8 Å². The molecule has 4 aromatic carbocycles. The van der Waals surface area contributed by atoms with Crippen LogP contribution in [0.3, 0.4) is 0 Å². The van der Waals surface area contributed by atoms with Crippen LogP contribution in [0.4, 0.5) is 11.4 Å². The number of carbonyl (C=O) groups is 2. The Kier molecular flexibility index (Phi) is 6.93. The molecule has 0 aromatic heterocycles. The Morgan fingerprint density at radius 2 is 0.848 bits per heavy atom. The number of benzene rings is 4. The largest absolute Gasteiger partial charge is 0.457 e. The molecule has 0 heterocycles. The van der Waals surface area contributed by atoms with Gasteiger partial charge in [-0.15, -0.1) is 0 Å². The quantitative estimate of drug-likeness (QED) is 0.307. The summed E-state index contributed by atoms with van der Waals surface area (Å²) in [5.41, 5.74) is 2.30.